The molecule has 6 nitrogen and oxygen atoms in total. The summed E-state index contributed by atoms with van der Waals surface area (Å²) in [4.78, 5) is 2.08. The standard InChI is InChI=1S/C22H23FN6S/c1-16(27(2)3)21-25-26-22(29(21)20-11-7-18(23)8-12-20)30-15-17-5-9-19(10-6-17)28-14-4-13-24-28/h4-14,16H,15H2,1-3H3/t16-/m1/s1. The topological polar surface area (TPSA) is 51.8 Å². The molecule has 0 aliphatic carbocycles. The average molecular weight is 423 g/mol. The van der Waals surface area contributed by atoms with Gasteiger partial charge in [-0.05, 0) is 69.0 Å². The largest absolute Gasteiger partial charge is 0.300 e. The van der Waals surface area contributed by atoms with Gasteiger partial charge in [0.2, 0.25) is 0 Å². The van der Waals surface area contributed by atoms with Gasteiger partial charge >= 0.3 is 0 Å². The first-order valence-electron chi connectivity index (χ1n) is 9.62. The van der Waals surface area contributed by atoms with Crippen molar-refractivity contribution in [3.05, 3.63) is 84.2 Å². The van der Waals surface area contributed by atoms with Gasteiger partial charge in [-0.2, -0.15) is 5.10 Å². The second-order valence-electron chi connectivity index (χ2n) is 7.20. The molecule has 0 unspecified atom stereocenters. The first-order valence-corrected chi connectivity index (χ1v) is 10.6. The molecule has 2 heterocycles. The molecular formula is C22H23FN6S. The van der Waals surface area contributed by atoms with E-state index in [2.05, 4.69) is 39.3 Å². The second kappa shape index (κ2) is 8.81. The summed E-state index contributed by atoms with van der Waals surface area (Å²) in [7, 11) is 4.00. The summed E-state index contributed by atoms with van der Waals surface area (Å²) < 4.78 is 17.3. The maximum absolute atomic E-state index is 13.5. The minimum atomic E-state index is -0.263. The second-order valence-corrected chi connectivity index (χ2v) is 8.14. The van der Waals surface area contributed by atoms with Gasteiger partial charge in [0.25, 0.3) is 0 Å². The van der Waals surface area contributed by atoms with E-state index in [-0.39, 0.29) is 11.9 Å². The van der Waals surface area contributed by atoms with Crippen molar-refractivity contribution in [1.29, 1.82) is 0 Å². The molecule has 0 bridgehead atoms. The molecular weight excluding hydrogens is 399 g/mol. The third kappa shape index (κ3) is 4.29. The molecule has 8 heteroatoms. The monoisotopic (exact) mass is 422 g/mol. The minimum Gasteiger partial charge on any atom is -0.300 e. The van der Waals surface area contributed by atoms with Gasteiger partial charge in [-0.1, -0.05) is 23.9 Å². The Hall–Kier alpha value is -2.97. The Morgan fingerprint density at radius 1 is 1.00 bits per heavy atom. The summed E-state index contributed by atoms with van der Waals surface area (Å²) in [5.41, 5.74) is 3.04. The summed E-state index contributed by atoms with van der Waals surface area (Å²) >= 11 is 1.61. The summed E-state index contributed by atoms with van der Waals surface area (Å²) in [6, 6.07) is 16.7. The Balaban J connectivity index is 1.58. The van der Waals surface area contributed by atoms with Crippen molar-refractivity contribution in [2.24, 2.45) is 0 Å². The number of hydrogen-bond acceptors (Lipinski definition) is 5. The highest BCUT2D eigenvalue weighted by molar-refractivity contribution is 7.98. The number of aromatic nitrogens is 5. The van der Waals surface area contributed by atoms with E-state index >= 15 is 0 Å². The van der Waals surface area contributed by atoms with Crippen LogP contribution in [-0.4, -0.2) is 43.5 Å². The molecule has 0 spiro atoms. The van der Waals surface area contributed by atoms with E-state index in [1.54, 1.807) is 30.1 Å². The van der Waals surface area contributed by atoms with Crippen molar-refractivity contribution in [3.63, 3.8) is 0 Å². The van der Waals surface area contributed by atoms with E-state index in [0.717, 1.165) is 28.1 Å². The maximum Gasteiger partial charge on any atom is 0.196 e. The number of nitrogens with zero attached hydrogens (tertiary/aromatic N) is 6. The molecule has 0 amide bonds. The lowest BCUT2D eigenvalue weighted by atomic mass is 10.2. The summed E-state index contributed by atoms with van der Waals surface area (Å²) in [5, 5.41) is 13.9. The van der Waals surface area contributed by atoms with E-state index in [1.807, 2.05) is 47.7 Å². The van der Waals surface area contributed by atoms with Crippen molar-refractivity contribution in [3.8, 4) is 11.4 Å². The predicted octanol–water partition coefficient (Wildman–Crippen LogP) is 4.51. The average Bonchev–Trinajstić information content (AvgIpc) is 3.43. The van der Waals surface area contributed by atoms with E-state index in [0.29, 0.717) is 0 Å². The third-order valence-corrected chi connectivity index (χ3v) is 5.96. The fraction of sp³-hybridized carbons (Fsp3) is 0.227. The molecule has 30 heavy (non-hydrogen) atoms. The zero-order chi connectivity index (χ0) is 21.1. The zero-order valence-electron chi connectivity index (χ0n) is 17.1. The lowest BCUT2D eigenvalue weighted by Crippen LogP contribution is -2.20. The SMILES string of the molecule is C[C@H](c1nnc(SCc2ccc(-n3cccn3)cc2)n1-c1ccc(F)cc1)N(C)C. The Labute approximate surface area is 179 Å². The van der Waals surface area contributed by atoms with Crippen molar-refractivity contribution >= 4 is 11.8 Å². The summed E-state index contributed by atoms with van der Waals surface area (Å²) in [6.07, 6.45) is 3.68. The van der Waals surface area contributed by atoms with Crippen LogP contribution in [0.25, 0.3) is 11.4 Å². The van der Waals surface area contributed by atoms with Gasteiger partial charge in [-0.3, -0.25) is 9.47 Å². The molecule has 2 aromatic heterocycles. The van der Waals surface area contributed by atoms with Crippen LogP contribution in [0, 0.1) is 5.82 Å². The lowest BCUT2D eigenvalue weighted by molar-refractivity contribution is 0.305. The Morgan fingerprint density at radius 2 is 1.70 bits per heavy atom. The van der Waals surface area contributed by atoms with Crippen molar-refractivity contribution in [2.75, 3.05) is 14.1 Å². The summed E-state index contributed by atoms with van der Waals surface area (Å²) in [5.74, 6) is 1.30. The fourth-order valence-corrected chi connectivity index (χ4v) is 3.94. The van der Waals surface area contributed by atoms with Gasteiger partial charge in [0.1, 0.15) is 5.82 Å². The first kappa shape index (κ1) is 20.3. The highest BCUT2D eigenvalue weighted by atomic mass is 32.2. The molecule has 0 saturated carbocycles. The van der Waals surface area contributed by atoms with E-state index in [4.69, 9.17) is 0 Å². The van der Waals surface area contributed by atoms with Gasteiger partial charge in [-0.15, -0.1) is 10.2 Å². The van der Waals surface area contributed by atoms with Crippen molar-refractivity contribution in [1.82, 2.24) is 29.4 Å². The molecule has 0 saturated heterocycles. The molecule has 2 aromatic carbocycles. The number of benzene rings is 2. The molecule has 154 valence electrons. The minimum absolute atomic E-state index is 0.0604. The van der Waals surface area contributed by atoms with Crippen LogP contribution in [0.15, 0.2) is 72.1 Å². The molecule has 0 fully saturated rings. The zero-order valence-corrected chi connectivity index (χ0v) is 17.9. The molecule has 0 radical (unpaired) electrons. The maximum atomic E-state index is 13.5. The lowest BCUT2D eigenvalue weighted by Gasteiger charge is -2.20. The van der Waals surface area contributed by atoms with Gasteiger partial charge in [0.15, 0.2) is 11.0 Å². The van der Waals surface area contributed by atoms with Crippen LogP contribution in [0.5, 0.6) is 0 Å². The van der Waals surface area contributed by atoms with Crippen LogP contribution >= 0.6 is 11.8 Å². The van der Waals surface area contributed by atoms with Gasteiger partial charge in [0, 0.05) is 23.8 Å². The summed E-state index contributed by atoms with van der Waals surface area (Å²) in [6.45, 7) is 2.08. The fourth-order valence-electron chi connectivity index (χ4n) is 3.02. The van der Waals surface area contributed by atoms with Crippen molar-refractivity contribution in [2.45, 2.75) is 23.9 Å². The van der Waals surface area contributed by atoms with Crippen LogP contribution in [-0.2, 0) is 5.75 Å². The quantitative estimate of drug-likeness (QED) is 0.410. The van der Waals surface area contributed by atoms with Crippen LogP contribution in [0.4, 0.5) is 4.39 Å². The Bertz CT molecular complexity index is 1090. The Morgan fingerprint density at radius 3 is 2.33 bits per heavy atom. The van der Waals surface area contributed by atoms with Crippen molar-refractivity contribution < 1.29 is 4.39 Å². The van der Waals surface area contributed by atoms with E-state index in [1.165, 1.54) is 17.7 Å². The number of halogens is 1. The highest BCUT2D eigenvalue weighted by Gasteiger charge is 2.21. The molecule has 0 aliphatic heterocycles. The van der Waals surface area contributed by atoms with Crippen LogP contribution in [0.2, 0.25) is 0 Å². The number of hydrogen-bond donors (Lipinski definition) is 0. The van der Waals surface area contributed by atoms with Crippen LogP contribution in [0.3, 0.4) is 0 Å². The normalized spacial score (nSPS) is 12.4. The number of thioether (sulfide) groups is 1. The molecule has 4 aromatic rings. The van der Waals surface area contributed by atoms with Crippen LogP contribution in [0.1, 0.15) is 24.4 Å². The smallest absolute Gasteiger partial charge is 0.196 e. The van der Waals surface area contributed by atoms with Gasteiger partial charge in [0.05, 0.1) is 11.7 Å². The third-order valence-electron chi connectivity index (χ3n) is 4.96. The molecule has 1 atom stereocenters. The van der Waals surface area contributed by atoms with Gasteiger partial charge < -0.3 is 0 Å². The number of rotatable bonds is 7. The molecule has 0 aliphatic rings. The molecule has 4 rings (SSSR count). The Kier molecular flexibility index (Phi) is 5.96. The molecule has 0 N–H and O–H groups in total. The van der Waals surface area contributed by atoms with E-state index in [9.17, 15) is 4.39 Å². The van der Waals surface area contributed by atoms with Gasteiger partial charge in [-0.25, -0.2) is 9.07 Å². The first-order chi connectivity index (χ1) is 14.5. The van der Waals surface area contributed by atoms with Crippen LogP contribution < -0.4 is 0 Å². The highest BCUT2D eigenvalue weighted by Crippen LogP contribution is 2.29. The predicted molar refractivity (Wildman–Crippen MR) is 117 cm³/mol. The van der Waals surface area contributed by atoms with E-state index < -0.39 is 0 Å².